The molecule has 0 saturated heterocycles. The number of aromatic nitrogens is 2. The molecule has 1 heterocycles. The lowest BCUT2D eigenvalue weighted by Crippen LogP contribution is -2.31. The average Bonchev–Trinajstić information content (AvgIpc) is 2.56. The van der Waals surface area contributed by atoms with E-state index in [-0.39, 0.29) is 0 Å². The van der Waals surface area contributed by atoms with Gasteiger partial charge in [0.1, 0.15) is 5.69 Å². The van der Waals surface area contributed by atoms with Crippen molar-refractivity contribution in [1.29, 1.82) is 0 Å². The summed E-state index contributed by atoms with van der Waals surface area (Å²) in [4.78, 5) is 4.37. The van der Waals surface area contributed by atoms with Gasteiger partial charge in [0.25, 0.3) is 6.33 Å². The molecule has 4 aromatic rings. The van der Waals surface area contributed by atoms with E-state index in [1.807, 2.05) is 13.3 Å². The van der Waals surface area contributed by atoms with Crippen LogP contribution < -0.4 is 4.57 Å². The second-order valence-electron chi connectivity index (χ2n) is 6.20. The fourth-order valence-corrected chi connectivity index (χ4v) is 3.29. The minimum Gasteiger partial charge on any atom is -0.233 e. The molecule has 0 saturated carbocycles. The average molecular weight is 299 g/mol. The maximum absolute atomic E-state index is 4.37. The molecule has 112 valence electrons. The third-order valence-corrected chi connectivity index (χ3v) is 4.53. The molecule has 1 aromatic heterocycles. The Bertz CT molecular complexity index is 1050. The Hall–Kier alpha value is -2.74. The first-order valence-electron chi connectivity index (χ1n) is 7.88. The zero-order chi connectivity index (χ0) is 16.0. The molecule has 0 bridgehead atoms. The number of aryl methyl sites for hydroxylation is 3. The molecule has 4 rings (SSSR count). The summed E-state index contributed by atoms with van der Waals surface area (Å²) in [5.41, 5.74) is 4.79. The van der Waals surface area contributed by atoms with Crippen molar-refractivity contribution in [1.82, 2.24) is 4.98 Å². The third kappa shape index (κ3) is 2.27. The van der Waals surface area contributed by atoms with Gasteiger partial charge in [-0.2, -0.15) is 0 Å². The van der Waals surface area contributed by atoms with Crippen molar-refractivity contribution >= 4 is 21.5 Å². The largest absolute Gasteiger partial charge is 0.286 e. The predicted molar refractivity (Wildman–Crippen MR) is 95.3 cm³/mol. The van der Waals surface area contributed by atoms with E-state index in [1.54, 1.807) is 0 Å². The van der Waals surface area contributed by atoms with Crippen LogP contribution in [-0.2, 0) is 7.05 Å². The first-order chi connectivity index (χ1) is 11.1. The van der Waals surface area contributed by atoms with Gasteiger partial charge in [0.15, 0.2) is 5.69 Å². The smallest absolute Gasteiger partial charge is 0.233 e. The summed E-state index contributed by atoms with van der Waals surface area (Å²) in [6.07, 6.45) is 1.89. The second-order valence-corrected chi connectivity index (χ2v) is 6.20. The van der Waals surface area contributed by atoms with Crippen molar-refractivity contribution in [3.63, 3.8) is 0 Å². The minimum absolute atomic E-state index is 1.04. The summed E-state index contributed by atoms with van der Waals surface area (Å²) in [5.74, 6) is 0. The molecule has 2 heteroatoms. The molecular weight excluding hydrogens is 280 g/mol. The van der Waals surface area contributed by atoms with Gasteiger partial charge in [-0.25, -0.2) is 4.57 Å². The number of rotatable bonds is 1. The Morgan fingerprint density at radius 3 is 2.48 bits per heavy atom. The van der Waals surface area contributed by atoms with Crippen LogP contribution in [0.25, 0.3) is 32.8 Å². The molecule has 0 aliphatic carbocycles. The Balaban J connectivity index is 2.09. The molecule has 0 atom stereocenters. The Labute approximate surface area is 136 Å². The van der Waals surface area contributed by atoms with E-state index in [9.17, 15) is 0 Å². The lowest BCUT2D eigenvalue weighted by Gasteiger charge is -2.11. The fourth-order valence-electron chi connectivity index (χ4n) is 3.29. The Morgan fingerprint density at radius 1 is 0.826 bits per heavy atom. The summed E-state index contributed by atoms with van der Waals surface area (Å²) in [5, 5.41) is 5.18. The topological polar surface area (TPSA) is 16.8 Å². The molecule has 3 aromatic carbocycles. The molecule has 0 aliphatic heterocycles. The highest BCUT2D eigenvalue weighted by Gasteiger charge is 2.13. The van der Waals surface area contributed by atoms with Crippen molar-refractivity contribution in [3.8, 4) is 11.3 Å². The summed E-state index contributed by atoms with van der Waals surface area (Å²) in [7, 11) is 2.05. The maximum atomic E-state index is 4.37. The monoisotopic (exact) mass is 299 g/mol. The van der Waals surface area contributed by atoms with E-state index in [1.165, 1.54) is 38.4 Å². The quantitative estimate of drug-likeness (QED) is 0.373. The Kier molecular flexibility index (Phi) is 3.12. The van der Waals surface area contributed by atoms with Crippen LogP contribution in [0.4, 0.5) is 0 Å². The van der Waals surface area contributed by atoms with Gasteiger partial charge in [0, 0.05) is 18.6 Å². The first-order valence-corrected chi connectivity index (χ1v) is 7.88. The molecule has 23 heavy (non-hydrogen) atoms. The lowest BCUT2D eigenvalue weighted by molar-refractivity contribution is -0.663. The van der Waals surface area contributed by atoms with E-state index >= 15 is 0 Å². The van der Waals surface area contributed by atoms with Crippen LogP contribution in [0.5, 0.6) is 0 Å². The predicted octanol–water partition coefficient (Wildman–Crippen LogP) is 4.50. The van der Waals surface area contributed by atoms with Crippen molar-refractivity contribution in [2.45, 2.75) is 13.8 Å². The van der Waals surface area contributed by atoms with Gasteiger partial charge >= 0.3 is 0 Å². The summed E-state index contributed by atoms with van der Waals surface area (Å²) in [6, 6.07) is 19.8. The molecule has 0 amide bonds. The van der Waals surface area contributed by atoms with Gasteiger partial charge < -0.3 is 0 Å². The highest BCUT2D eigenvalue weighted by atomic mass is 15.0. The molecule has 0 unspecified atom stereocenters. The zero-order valence-electron chi connectivity index (χ0n) is 13.7. The normalized spacial score (nSPS) is 11.3. The van der Waals surface area contributed by atoms with Gasteiger partial charge in [-0.05, 0) is 40.1 Å². The molecule has 0 radical (unpaired) electrons. The summed E-state index contributed by atoms with van der Waals surface area (Å²) in [6.45, 7) is 4.22. The molecule has 0 N–H and O–H groups in total. The van der Waals surface area contributed by atoms with Crippen LogP contribution in [0, 0.1) is 13.8 Å². The van der Waals surface area contributed by atoms with E-state index in [0.717, 1.165) is 5.69 Å². The highest BCUT2D eigenvalue weighted by molar-refractivity contribution is 6.08. The summed E-state index contributed by atoms with van der Waals surface area (Å²) < 4.78 is 2.09. The standard InChI is InChI=1S/C21H19N2/c1-14-10-17-9-8-16-6-4-5-7-18(16)20(17)12-19(14)21-11-15(2)22-13-23(21)3/h4-13H,1-3H3/q+1. The number of fused-ring (bicyclic) bond motifs is 3. The van der Waals surface area contributed by atoms with Crippen LogP contribution in [-0.4, -0.2) is 4.98 Å². The van der Waals surface area contributed by atoms with Crippen LogP contribution >= 0.6 is 0 Å². The summed E-state index contributed by atoms with van der Waals surface area (Å²) >= 11 is 0. The number of hydrogen-bond acceptors (Lipinski definition) is 1. The van der Waals surface area contributed by atoms with Gasteiger partial charge in [-0.15, -0.1) is 0 Å². The van der Waals surface area contributed by atoms with Crippen LogP contribution in [0.15, 0.2) is 60.9 Å². The van der Waals surface area contributed by atoms with Crippen LogP contribution in [0.2, 0.25) is 0 Å². The van der Waals surface area contributed by atoms with Crippen molar-refractivity contribution in [2.24, 2.45) is 7.05 Å². The molecule has 0 fully saturated rings. The highest BCUT2D eigenvalue weighted by Crippen LogP contribution is 2.31. The number of benzene rings is 3. The van der Waals surface area contributed by atoms with Gasteiger partial charge in [-0.1, -0.05) is 47.4 Å². The molecule has 0 spiro atoms. The Morgan fingerprint density at radius 2 is 1.61 bits per heavy atom. The van der Waals surface area contributed by atoms with E-state index in [2.05, 4.69) is 78.1 Å². The van der Waals surface area contributed by atoms with Crippen molar-refractivity contribution < 1.29 is 4.57 Å². The van der Waals surface area contributed by atoms with Crippen molar-refractivity contribution in [3.05, 3.63) is 72.2 Å². The van der Waals surface area contributed by atoms with Gasteiger partial charge in [-0.3, -0.25) is 0 Å². The van der Waals surface area contributed by atoms with E-state index in [0.29, 0.717) is 0 Å². The number of hydrogen-bond donors (Lipinski definition) is 0. The van der Waals surface area contributed by atoms with Gasteiger partial charge in [0.05, 0.1) is 7.05 Å². The number of nitrogens with zero attached hydrogens (tertiary/aromatic N) is 2. The molecular formula is C21H19N2+. The first kappa shape index (κ1) is 13.9. The third-order valence-electron chi connectivity index (χ3n) is 4.53. The van der Waals surface area contributed by atoms with Crippen molar-refractivity contribution in [2.75, 3.05) is 0 Å². The maximum Gasteiger partial charge on any atom is 0.286 e. The SMILES string of the molecule is Cc1cc(-c2cc3c(ccc4ccccc43)cc2C)[n+](C)cn1. The second kappa shape index (κ2) is 5.17. The van der Waals surface area contributed by atoms with E-state index < -0.39 is 0 Å². The molecule has 2 nitrogen and oxygen atoms in total. The van der Waals surface area contributed by atoms with Crippen LogP contribution in [0.3, 0.4) is 0 Å². The van der Waals surface area contributed by atoms with Gasteiger partial charge in [0.2, 0.25) is 0 Å². The zero-order valence-corrected chi connectivity index (χ0v) is 13.7. The minimum atomic E-state index is 1.04. The lowest BCUT2D eigenvalue weighted by atomic mass is 9.95. The van der Waals surface area contributed by atoms with E-state index in [4.69, 9.17) is 0 Å². The fraction of sp³-hybridized carbons (Fsp3) is 0.143. The molecule has 0 aliphatic rings. The van der Waals surface area contributed by atoms with Crippen LogP contribution in [0.1, 0.15) is 11.3 Å².